The summed E-state index contributed by atoms with van der Waals surface area (Å²) in [5.41, 5.74) is 4.32. The number of anilines is 1. The molecule has 164 valence electrons. The molecule has 7 nitrogen and oxygen atoms in total. The van der Waals surface area contributed by atoms with Gasteiger partial charge in [0.1, 0.15) is 0 Å². The molecule has 31 heavy (non-hydrogen) atoms. The summed E-state index contributed by atoms with van der Waals surface area (Å²) in [6, 6.07) is 5.74. The molecule has 1 saturated heterocycles. The Kier molecular flexibility index (Phi) is 6.09. The highest BCUT2D eigenvalue weighted by atomic mass is 32.1. The molecule has 8 heteroatoms. The molecule has 1 aromatic carbocycles. The Morgan fingerprint density at radius 3 is 2.61 bits per heavy atom. The second-order valence-corrected chi connectivity index (χ2v) is 9.50. The van der Waals surface area contributed by atoms with Crippen molar-refractivity contribution >= 4 is 39.1 Å². The van der Waals surface area contributed by atoms with Crippen molar-refractivity contribution in [3.05, 3.63) is 40.2 Å². The number of aryl methyl sites for hydroxylation is 3. The van der Waals surface area contributed by atoms with E-state index in [-0.39, 0.29) is 17.7 Å². The van der Waals surface area contributed by atoms with Gasteiger partial charge in [-0.25, -0.2) is 4.98 Å². The Labute approximate surface area is 186 Å². The van der Waals surface area contributed by atoms with Crippen LogP contribution in [0.15, 0.2) is 18.2 Å². The third-order valence-electron chi connectivity index (χ3n) is 6.06. The minimum atomic E-state index is 0.0256. The number of thiazole rings is 1. The number of piperidine rings is 1. The fraction of sp³-hybridized carbons (Fsp3) is 0.478. The highest BCUT2D eigenvalue weighted by Gasteiger charge is 2.26. The SMILES string of the molecule is CCn1nc(C)c(NC(=O)CC2CCN(C(=O)c3ccc4nc(C)sc4c3)CC2)c1C. The third kappa shape index (κ3) is 4.49. The lowest BCUT2D eigenvalue weighted by Gasteiger charge is -2.31. The van der Waals surface area contributed by atoms with Crippen LogP contribution in [0.4, 0.5) is 5.69 Å². The van der Waals surface area contributed by atoms with Crippen LogP contribution in [-0.4, -0.2) is 44.6 Å². The van der Waals surface area contributed by atoms with Crippen LogP contribution in [0.3, 0.4) is 0 Å². The van der Waals surface area contributed by atoms with Crippen LogP contribution in [0.5, 0.6) is 0 Å². The second-order valence-electron chi connectivity index (χ2n) is 8.26. The molecule has 0 spiro atoms. The minimum absolute atomic E-state index is 0.0256. The first-order valence-corrected chi connectivity index (χ1v) is 11.7. The van der Waals surface area contributed by atoms with Crippen molar-refractivity contribution in [2.75, 3.05) is 18.4 Å². The number of aromatic nitrogens is 3. The molecule has 1 aliphatic heterocycles. The summed E-state index contributed by atoms with van der Waals surface area (Å²) in [4.78, 5) is 31.9. The molecule has 0 unspecified atom stereocenters. The molecule has 1 N–H and O–H groups in total. The molecule has 3 aromatic rings. The molecule has 3 heterocycles. The van der Waals surface area contributed by atoms with E-state index in [1.54, 1.807) is 11.3 Å². The average molecular weight is 440 g/mol. The summed E-state index contributed by atoms with van der Waals surface area (Å²) in [6.45, 7) is 10.1. The zero-order valence-electron chi connectivity index (χ0n) is 18.6. The number of nitrogens with one attached hydrogen (secondary N) is 1. The number of likely N-dealkylation sites (tertiary alicyclic amines) is 1. The lowest BCUT2D eigenvalue weighted by Crippen LogP contribution is -2.39. The van der Waals surface area contributed by atoms with Gasteiger partial charge in [0.2, 0.25) is 5.91 Å². The molecule has 2 amide bonds. The van der Waals surface area contributed by atoms with E-state index in [0.29, 0.717) is 25.1 Å². The Balaban J connectivity index is 1.32. The van der Waals surface area contributed by atoms with Gasteiger partial charge in [-0.15, -0.1) is 11.3 Å². The maximum absolute atomic E-state index is 12.9. The van der Waals surface area contributed by atoms with Gasteiger partial charge in [0.15, 0.2) is 0 Å². The summed E-state index contributed by atoms with van der Waals surface area (Å²) >= 11 is 1.61. The highest BCUT2D eigenvalue weighted by Crippen LogP contribution is 2.26. The standard InChI is InChI=1S/C23H29N5O2S/c1-5-28-15(3)22(14(2)26-28)25-21(29)12-17-8-10-27(11-9-17)23(30)18-6-7-19-20(13-18)31-16(4)24-19/h6-7,13,17H,5,8-12H2,1-4H3,(H,25,29). The van der Waals surface area contributed by atoms with Crippen LogP contribution >= 0.6 is 11.3 Å². The number of carbonyl (C=O) groups excluding carboxylic acids is 2. The predicted octanol–water partition coefficient (Wildman–Crippen LogP) is 4.32. The number of fused-ring (bicyclic) bond motifs is 1. The number of nitrogens with zero attached hydrogens (tertiary/aromatic N) is 4. The predicted molar refractivity (Wildman–Crippen MR) is 124 cm³/mol. The second kappa shape index (κ2) is 8.78. The van der Waals surface area contributed by atoms with Gasteiger partial charge >= 0.3 is 0 Å². The fourth-order valence-electron chi connectivity index (χ4n) is 4.33. The summed E-state index contributed by atoms with van der Waals surface area (Å²) in [7, 11) is 0. The molecule has 0 aliphatic carbocycles. The molecule has 4 rings (SSSR count). The minimum Gasteiger partial charge on any atom is -0.339 e. The van der Waals surface area contributed by atoms with Gasteiger partial charge in [-0.05, 0) is 64.7 Å². The topological polar surface area (TPSA) is 80.1 Å². The number of amides is 2. The highest BCUT2D eigenvalue weighted by molar-refractivity contribution is 7.18. The van der Waals surface area contributed by atoms with Crippen LogP contribution in [0.2, 0.25) is 0 Å². The zero-order valence-corrected chi connectivity index (χ0v) is 19.4. The summed E-state index contributed by atoms with van der Waals surface area (Å²) in [6.07, 6.45) is 2.16. The van der Waals surface area contributed by atoms with Crippen LogP contribution in [0.25, 0.3) is 10.2 Å². The van der Waals surface area contributed by atoms with E-state index < -0.39 is 0 Å². The lowest BCUT2D eigenvalue weighted by atomic mass is 9.92. The Bertz CT molecular complexity index is 1120. The Morgan fingerprint density at radius 1 is 1.19 bits per heavy atom. The van der Waals surface area contributed by atoms with E-state index in [1.165, 1.54) is 0 Å². The van der Waals surface area contributed by atoms with Gasteiger partial charge in [0.25, 0.3) is 5.91 Å². The molecule has 0 saturated carbocycles. The van der Waals surface area contributed by atoms with Gasteiger partial charge in [-0.1, -0.05) is 0 Å². The molecule has 1 aliphatic rings. The molecular formula is C23H29N5O2S. The number of carbonyl (C=O) groups is 2. The maximum atomic E-state index is 12.9. The van der Waals surface area contributed by atoms with E-state index in [0.717, 1.165) is 51.7 Å². The van der Waals surface area contributed by atoms with Crippen molar-refractivity contribution in [2.24, 2.45) is 5.92 Å². The fourth-order valence-corrected chi connectivity index (χ4v) is 5.20. The van der Waals surface area contributed by atoms with Crippen molar-refractivity contribution in [1.82, 2.24) is 19.7 Å². The van der Waals surface area contributed by atoms with E-state index in [1.807, 2.05) is 55.5 Å². The van der Waals surface area contributed by atoms with Crippen LogP contribution in [0.1, 0.15) is 52.9 Å². The lowest BCUT2D eigenvalue weighted by molar-refractivity contribution is -0.117. The van der Waals surface area contributed by atoms with E-state index in [4.69, 9.17) is 0 Å². The van der Waals surface area contributed by atoms with Crippen molar-refractivity contribution in [2.45, 2.75) is 53.5 Å². The van der Waals surface area contributed by atoms with Crippen molar-refractivity contribution in [3.63, 3.8) is 0 Å². The number of hydrogen-bond acceptors (Lipinski definition) is 5. The Hall–Kier alpha value is -2.74. The van der Waals surface area contributed by atoms with Crippen LogP contribution < -0.4 is 5.32 Å². The molecule has 1 fully saturated rings. The first-order chi connectivity index (χ1) is 14.9. The molecule has 0 radical (unpaired) electrons. The summed E-state index contributed by atoms with van der Waals surface area (Å²) in [5.74, 6) is 0.379. The van der Waals surface area contributed by atoms with E-state index in [2.05, 4.69) is 15.4 Å². The zero-order chi connectivity index (χ0) is 22.1. The van der Waals surface area contributed by atoms with Gasteiger partial charge in [0, 0.05) is 31.6 Å². The van der Waals surface area contributed by atoms with Crippen LogP contribution in [-0.2, 0) is 11.3 Å². The molecular weight excluding hydrogens is 410 g/mol. The first kappa shape index (κ1) is 21.5. The molecule has 2 aromatic heterocycles. The summed E-state index contributed by atoms with van der Waals surface area (Å²) in [5, 5.41) is 8.52. The van der Waals surface area contributed by atoms with Crippen LogP contribution in [0, 0.1) is 26.7 Å². The number of rotatable bonds is 5. The smallest absolute Gasteiger partial charge is 0.253 e. The monoisotopic (exact) mass is 439 g/mol. The molecule has 0 bridgehead atoms. The largest absolute Gasteiger partial charge is 0.339 e. The van der Waals surface area contributed by atoms with Gasteiger partial charge < -0.3 is 10.2 Å². The van der Waals surface area contributed by atoms with Gasteiger partial charge in [0.05, 0.1) is 32.3 Å². The maximum Gasteiger partial charge on any atom is 0.253 e. The normalized spacial score (nSPS) is 14.9. The quantitative estimate of drug-likeness (QED) is 0.642. The number of hydrogen-bond donors (Lipinski definition) is 1. The average Bonchev–Trinajstić information content (AvgIpc) is 3.26. The molecule has 0 atom stereocenters. The van der Waals surface area contributed by atoms with Gasteiger partial charge in [-0.2, -0.15) is 5.10 Å². The van der Waals surface area contributed by atoms with Gasteiger partial charge in [-0.3, -0.25) is 14.3 Å². The van der Waals surface area contributed by atoms with Crippen molar-refractivity contribution < 1.29 is 9.59 Å². The third-order valence-corrected chi connectivity index (χ3v) is 7.00. The van der Waals surface area contributed by atoms with Crippen molar-refractivity contribution in [3.8, 4) is 0 Å². The van der Waals surface area contributed by atoms with Crippen molar-refractivity contribution in [1.29, 1.82) is 0 Å². The van der Waals surface area contributed by atoms with E-state index in [9.17, 15) is 9.59 Å². The van der Waals surface area contributed by atoms with E-state index >= 15 is 0 Å². The summed E-state index contributed by atoms with van der Waals surface area (Å²) < 4.78 is 2.95. The Morgan fingerprint density at radius 2 is 1.94 bits per heavy atom. The first-order valence-electron chi connectivity index (χ1n) is 10.9. The number of benzene rings is 1.